The number of nitrogens with one attached hydrogen (secondary N) is 1. The summed E-state index contributed by atoms with van der Waals surface area (Å²) in [5.74, 6) is 0. The second-order valence-corrected chi connectivity index (χ2v) is 4.88. The maximum atomic E-state index is 11.8. The van der Waals surface area contributed by atoms with Gasteiger partial charge in [0.25, 0.3) is 5.56 Å². The number of hydrogen-bond acceptors (Lipinski definition) is 3. The fraction of sp³-hybridized carbons (Fsp3) is 0.429. The highest BCUT2D eigenvalue weighted by atomic mass is 16.1. The van der Waals surface area contributed by atoms with Gasteiger partial charge in [-0.25, -0.2) is 0 Å². The number of fused-ring (bicyclic) bond motifs is 1. The van der Waals surface area contributed by atoms with Crippen LogP contribution in [0.15, 0.2) is 23.1 Å². The highest BCUT2D eigenvalue weighted by molar-refractivity contribution is 5.74. The van der Waals surface area contributed by atoms with Gasteiger partial charge in [-0.1, -0.05) is 6.92 Å². The third kappa shape index (κ3) is 2.04. The van der Waals surface area contributed by atoms with E-state index < -0.39 is 0 Å². The Balaban J connectivity index is 1.98. The predicted octanol–water partition coefficient (Wildman–Crippen LogP) is 1.69. The smallest absolute Gasteiger partial charge is 0.251 e. The summed E-state index contributed by atoms with van der Waals surface area (Å²) in [6.07, 6.45) is 3.94. The zero-order chi connectivity index (χ0) is 12.5. The van der Waals surface area contributed by atoms with Crippen LogP contribution in [0.5, 0.6) is 0 Å². The largest absolute Gasteiger partial charge is 0.320 e. The number of aromatic nitrogens is 2. The van der Waals surface area contributed by atoms with Gasteiger partial charge in [-0.15, -0.1) is 0 Å². The topological polar surface area (TPSA) is 49.0 Å². The summed E-state index contributed by atoms with van der Waals surface area (Å²) in [4.78, 5) is 21.5. The van der Waals surface area contributed by atoms with Crippen LogP contribution in [0.4, 0.5) is 0 Å². The first kappa shape index (κ1) is 11.4. The van der Waals surface area contributed by atoms with Crippen LogP contribution >= 0.6 is 0 Å². The van der Waals surface area contributed by atoms with Crippen LogP contribution in [0, 0.1) is 0 Å². The molecule has 1 aliphatic heterocycles. The molecule has 0 aliphatic carbocycles. The van der Waals surface area contributed by atoms with E-state index in [1.807, 2.05) is 25.3 Å². The quantitative estimate of drug-likeness (QED) is 0.892. The molecule has 2 aromatic rings. The maximum Gasteiger partial charge on any atom is 0.251 e. The molecule has 0 amide bonds. The maximum absolute atomic E-state index is 11.8. The predicted molar refractivity (Wildman–Crippen MR) is 71.6 cm³/mol. The lowest BCUT2D eigenvalue weighted by Crippen LogP contribution is -2.36. The minimum Gasteiger partial charge on any atom is -0.320 e. The molecule has 94 valence electrons. The van der Waals surface area contributed by atoms with Crippen LogP contribution in [0.3, 0.4) is 0 Å². The molecule has 18 heavy (non-hydrogen) atoms. The Bertz CT molecular complexity index is 628. The Morgan fingerprint density at radius 3 is 2.89 bits per heavy atom. The lowest BCUT2D eigenvalue weighted by molar-refractivity contribution is 0.172. The number of aromatic amines is 1. The highest BCUT2D eigenvalue weighted by Gasteiger charge is 2.14. The SMILES string of the molecule is CCc1cc2ncc(CN3CCC3)cc2[nH]c1=O. The van der Waals surface area contributed by atoms with Gasteiger partial charge in [-0.2, -0.15) is 0 Å². The molecule has 0 radical (unpaired) electrons. The first-order valence-electron chi connectivity index (χ1n) is 6.49. The number of H-pyrrole nitrogens is 1. The van der Waals surface area contributed by atoms with Gasteiger partial charge in [0.2, 0.25) is 0 Å². The molecule has 1 N–H and O–H groups in total. The standard InChI is InChI=1S/C14H17N3O/c1-2-11-7-12-13(16-14(11)18)6-10(8-15-12)9-17-4-3-5-17/h6-8H,2-5,9H2,1H3,(H,16,18). The van der Waals surface area contributed by atoms with E-state index in [2.05, 4.69) is 14.9 Å². The summed E-state index contributed by atoms with van der Waals surface area (Å²) in [6.45, 7) is 5.25. The molecule has 3 rings (SSSR count). The Hall–Kier alpha value is -1.68. The van der Waals surface area contributed by atoms with Gasteiger partial charge in [0.05, 0.1) is 11.0 Å². The van der Waals surface area contributed by atoms with Gasteiger partial charge >= 0.3 is 0 Å². The number of rotatable bonds is 3. The average Bonchev–Trinajstić information content (AvgIpc) is 2.33. The van der Waals surface area contributed by atoms with Crippen LogP contribution in [-0.4, -0.2) is 28.0 Å². The van der Waals surface area contributed by atoms with Crippen molar-refractivity contribution in [2.75, 3.05) is 13.1 Å². The average molecular weight is 243 g/mol. The summed E-state index contributed by atoms with van der Waals surface area (Å²) in [6, 6.07) is 3.93. The minimum atomic E-state index is 0.00732. The van der Waals surface area contributed by atoms with Crippen molar-refractivity contribution in [3.05, 3.63) is 39.8 Å². The van der Waals surface area contributed by atoms with Crippen molar-refractivity contribution in [2.24, 2.45) is 0 Å². The van der Waals surface area contributed by atoms with Gasteiger partial charge in [-0.3, -0.25) is 14.7 Å². The molecule has 0 atom stereocenters. The summed E-state index contributed by atoms with van der Waals surface area (Å²) in [5, 5.41) is 0. The molecular weight excluding hydrogens is 226 g/mol. The number of likely N-dealkylation sites (tertiary alicyclic amines) is 1. The number of aryl methyl sites for hydroxylation is 1. The molecule has 3 heterocycles. The minimum absolute atomic E-state index is 0.00732. The van der Waals surface area contributed by atoms with Crippen LogP contribution in [-0.2, 0) is 13.0 Å². The normalized spacial score (nSPS) is 15.8. The van der Waals surface area contributed by atoms with Crippen molar-refractivity contribution < 1.29 is 0 Å². The molecule has 0 saturated carbocycles. The second kappa shape index (κ2) is 4.53. The zero-order valence-electron chi connectivity index (χ0n) is 10.6. The lowest BCUT2D eigenvalue weighted by Gasteiger charge is -2.30. The molecule has 1 fully saturated rings. The van der Waals surface area contributed by atoms with Crippen molar-refractivity contribution in [3.8, 4) is 0 Å². The van der Waals surface area contributed by atoms with Crippen molar-refractivity contribution >= 4 is 11.0 Å². The summed E-state index contributed by atoms with van der Waals surface area (Å²) >= 11 is 0. The van der Waals surface area contributed by atoms with Gasteiger partial charge in [0.1, 0.15) is 0 Å². The van der Waals surface area contributed by atoms with Crippen LogP contribution < -0.4 is 5.56 Å². The van der Waals surface area contributed by atoms with E-state index in [4.69, 9.17) is 0 Å². The van der Waals surface area contributed by atoms with Gasteiger partial charge in [0, 0.05) is 18.3 Å². The molecule has 4 nitrogen and oxygen atoms in total. The number of pyridine rings is 2. The zero-order valence-corrected chi connectivity index (χ0v) is 10.6. The van der Waals surface area contributed by atoms with Crippen LogP contribution in [0.1, 0.15) is 24.5 Å². The lowest BCUT2D eigenvalue weighted by atomic mass is 10.1. The van der Waals surface area contributed by atoms with Crippen molar-refractivity contribution in [1.82, 2.24) is 14.9 Å². The second-order valence-electron chi connectivity index (χ2n) is 4.88. The number of hydrogen-bond donors (Lipinski definition) is 1. The molecule has 0 unspecified atom stereocenters. The molecule has 2 aromatic heterocycles. The van der Waals surface area contributed by atoms with E-state index in [1.54, 1.807) is 0 Å². The van der Waals surface area contributed by atoms with E-state index in [-0.39, 0.29) is 5.56 Å². The Labute approximate surface area is 106 Å². The fourth-order valence-electron chi connectivity index (χ4n) is 2.31. The molecule has 1 aliphatic rings. The summed E-state index contributed by atoms with van der Waals surface area (Å²) < 4.78 is 0. The molecule has 4 heteroatoms. The highest BCUT2D eigenvalue weighted by Crippen LogP contribution is 2.15. The fourth-order valence-corrected chi connectivity index (χ4v) is 2.31. The third-order valence-corrected chi connectivity index (χ3v) is 3.56. The molecule has 1 saturated heterocycles. The van der Waals surface area contributed by atoms with Gasteiger partial charge < -0.3 is 4.98 Å². The van der Waals surface area contributed by atoms with E-state index in [0.29, 0.717) is 0 Å². The van der Waals surface area contributed by atoms with Gasteiger partial charge in [-0.05, 0) is 43.6 Å². The Kier molecular flexibility index (Phi) is 2.88. The first-order chi connectivity index (χ1) is 8.76. The molecule has 0 spiro atoms. The molecule has 0 aromatic carbocycles. The Morgan fingerprint density at radius 2 is 2.22 bits per heavy atom. The van der Waals surface area contributed by atoms with Crippen LogP contribution in [0.2, 0.25) is 0 Å². The van der Waals surface area contributed by atoms with E-state index >= 15 is 0 Å². The molecular formula is C14H17N3O. The van der Waals surface area contributed by atoms with Gasteiger partial charge in [0.15, 0.2) is 0 Å². The van der Waals surface area contributed by atoms with Crippen LogP contribution in [0.25, 0.3) is 11.0 Å². The Morgan fingerprint density at radius 1 is 1.39 bits per heavy atom. The monoisotopic (exact) mass is 243 g/mol. The summed E-state index contributed by atoms with van der Waals surface area (Å²) in [5.41, 5.74) is 3.69. The van der Waals surface area contributed by atoms with Crippen molar-refractivity contribution in [2.45, 2.75) is 26.3 Å². The third-order valence-electron chi connectivity index (χ3n) is 3.56. The molecule has 0 bridgehead atoms. The van der Waals surface area contributed by atoms with E-state index in [0.717, 1.165) is 29.6 Å². The van der Waals surface area contributed by atoms with E-state index in [1.165, 1.54) is 25.1 Å². The first-order valence-corrected chi connectivity index (χ1v) is 6.49. The summed E-state index contributed by atoms with van der Waals surface area (Å²) in [7, 11) is 0. The number of nitrogens with zero attached hydrogens (tertiary/aromatic N) is 2. The van der Waals surface area contributed by atoms with Crippen molar-refractivity contribution in [3.63, 3.8) is 0 Å². The van der Waals surface area contributed by atoms with E-state index in [9.17, 15) is 4.79 Å². The van der Waals surface area contributed by atoms with Crippen molar-refractivity contribution in [1.29, 1.82) is 0 Å².